The van der Waals surface area contributed by atoms with Crippen LogP contribution in [0.4, 0.5) is 5.69 Å². The smallest absolute Gasteiger partial charge is 0.272 e. The number of rotatable bonds is 6. The van der Waals surface area contributed by atoms with Gasteiger partial charge in [0.05, 0.1) is 34.4 Å². The number of hydrogen-bond acceptors (Lipinski definition) is 5. The van der Waals surface area contributed by atoms with E-state index in [1.807, 2.05) is 19.9 Å². The van der Waals surface area contributed by atoms with Crippen LogP contribution in [0.5, 0.6) is 5.75 Å². The molecule has 5 nitrogen and oxygen atoms in total. The Kier molecular flexibility index (Phi) is 5.63. The Labute approximate surface area is 162 Å². The molecule has 0 aromatic heterocycles. The molecule has 0 saturated heterocycles. The van der Waals surface area contributed by atoms with Gasteiger partial charge in [-0.2, -0.15) is 5.26 Å². The fraction of sp³-hybridized carbons (Fsp3) is 0.190. The van der Waals surface area contributed by atoms with Crippen LogP contribution in [0, 0.1) is 11.3 Å². The van der Waals surface area contributed by atoms with E-state index in [1.54, 1.807) is 48.5 Å². The Balaban J connectivity index is 2.00. The second kappa shape index (κ2) is 8.11. The second-order valence-electron chi connectivity index (χ2n) is 5.70. The number of nitrogens with zero attached hydrogens (tertiary/aromatic N) is 2. The lowest BCUT2D eigenvalue weighted by atomic mass is 10.1. The van der Waals surface area contributed by atoms with Gasteiger partial charge in [-0.3, -0.25) is 9.59 Å². The first-order valence-corrected chi connectivity index (χ1v) is 9.58. The molecule has 2 aromatic rings. The third-order valence-corrected chi connectivity index (χ3v) is 4.99. The van der Waals surface area contributed by atoms with Crippen molar-refractivity contribution >= 4 is 34.8 Å². The Morgan fingerprint density at radius 3 is 2.22 bits per heavy atom. The van der Waals surface area contributed by atoms with Crippen molar-refractivity contribution in [1.82, 2.24) is 0 Å². The van der Waals surface area contributed by atoms with E-state index < -0.39 is 0 Å². The number of nitriles is 1. The lowest BCUT2D eigenvalue weighted by Gasteiger charge is -2.15. The van der Waals surface area contributed by atoms with Crippen LogP contribution in [0.1, 0.15) is 25.0 Å². The first kappa shape index (κ1) is 18.7. The molecule has 0 spiro atoms. The Morgan fingerprint density at radius 2 is 1.67 bits per heavy atom. The van der Waals surface area contributed by atoms with Crippen LogP contribution in [0.2, 0.25) is 0 Å². The van der Waals surface area contributed by atoms with Crippen molar-refractivity contribution < 1.29 is 14.3 Å². The number of anilines is 1. The highest BCUT2D eigenvalue weighted by Crippen LogP contribution is 2.38. The van der Waals surface area contributed by atoms with Crippen molar-refractivity contribution in [3.8, 4) is 11.8 Å². The third kappa shape index (κ3) is 3.60. The van der Waals surface area contributed by atoms with Gasteiger partial charge in [0.2, 0.25) is 0 Å². The maximum atomic E-state index is 13.1. The van der Waals surface area contributed by atoms with Gasteiger partial charge in [0, 0.05) is 0 Å². The highest BCUT2D eigenvalue weighted by molar-refractivity contribution is 8.04. The molecule has 1 heterocycles. The molecule has 27 heavy (non-hydrogen) atoms. The van der Waals surface area contributed by atoms with Crippen LogP contribution >= 0.6 is 11.8 Å². The van der Waals surface area contributed by atoms with Crippen molar-refractivity contribution in [2.75, 3.05) is 17.3 Å². The highest BCUT2D eigenvalue weighted by atomic mass is 32.2. The van der Waals surface area contributed by atoms with Crippen molar-refractivity contribution in [1.29, 1.82) is 5.26 Å². The van der Waals surface area contributed by atoms with Gasteiger partial charge in [-0.15, -0.1) is 11.8 Å². The molecular weight excluding hydrogens is 360 g/mol. The molecule has 1 aliphatic rings. The number of hydrogen-bond donors (Lipinski definition) is 0. The van der Waals surface area contributed by atoms with Gasteiger partial charge < -0.3 is 4.74 Å². The minimum Gasteiger partial charge on any atom is -0.494 e. The maximum absolute atomic E-state index is 13.1. The Morgan fingerprint density at radius 1 is 1.00 bits per heavy atom. The Bertz CT molecular complexity index is 941. The molecule has 2 amide bonds. The molecule has 0 aliphatic carbocycles. The zero-order valence-electron chi connectivity index (χ0n) is 15.1. The van der Waals surface area contributed by atoms with Crippen LogP contribution in [0.15, 0.2) is 53.4 Å². The number of imide groups is 1. The average molecular weight is 378 g/mol. The van der Waals surface area contributed by atoms with Crippen molar-refractivity contribution in [2.45, 2.75) is 13.8 Å². The van der Waals surface area contributed by atoms with Crippen molar-refractivity contribution in [2.24, 2.45) is 0 Å². The number of ether oxygens (including phenoxy) is 1. The van der Waals surface area contributed by atoms with Crippen LogP contribution in [0.25, 0.3) is 5.57 Å². The minimum atomic E-state index is -0.357. The molecule has 0 unspecified atom stereocenters. The molecule has 0 fully saturated rings. The summed E-state index contributed by atoms with van der Waals surface area (Å²) in [4.78, 5) is 27.7. The molecule has 0 N–H and O–H groups in total. The van der Waals surface area contributed by atoms with Gasteiger partial charge >= 0.3 is 0 Å². The third-order valence-electron chi connectivity index (χ3n) is 4.04. The zero-order chi connectivity index (χ0) is 19.4. The summed E-state index contributed by atoms with van der Waals surface area (Å²) in [6, 6.07) is 15.6. The van der Waals surface area contributed by atoms with E-state index in [-0.39, 0.29) is 11.8 Å². The normalized spacial score (nSPS) is 13.9. The van der Waals surface area contributed by atoms with Gasteiger partial charge in [-0.05, 0) is 54.6 Å². The predicted molar refractivity (Wildman–Crippen MR) is 106 cm³/mol. The highest BCUT2D eigenvalue weighted by Gasteiger charge is 2.39. The van der Waals surface area contributed by atoms with Gasteiger partial charge in [0.15, 0.2) is 0 Å². The number of carbonyl (C=O) groups is 2. The summed E-state index contributed by atoms with van der Waals surface area (Å²) in [5, 5.41) is 8.94. The van der Waals surface area contributed by atoms with E-state index in [9.17, 15) is 9.59 Å². The Hall–Kier alpha value is -3.04. The number of carbonyl (C=O) groups excluding carboxylic acids is 2. The van der Waals surface area contributed by atoms with Crippen LogP contribution < -0.4 is 9.64 Å². The quantitative estimate of drug-likeness (QED) is 0.711. The van der Waals surface area contributed by atoms with E-state index in [0.717, 1.165) is 0 Å². The first-order chi connectivity index (χ1) is 13.1. The van der Waals surface area contributed by atoms with Crippen molar-refractivity contribution in [3.05, 3.63) is 64.6 Å². The van der Waals surface area contributed by atoms with E-state index in [2.05, 4.69) is 0 Å². The lowest BCUT2D eigenvalue weighted by molar-refractivity contribution is -0.119. The first-order valence-electron chi connectivity index (χ1n) is 8.60. The molecule has 136 valence electrons. The standard InChI is InChI=1S/C21H18N2O3S/c1-3-26-17-11-7-15(8-12-17)18-19(27-4-2)21(25)23(20(18)24)16-9-5-14(13-22)6-10-16/h5-12H,3-4H2,1-2H3. The molecule has 0 saturated carbocycles. The number of thioether (sulfide) groups is 1. The summed E-state index contributed by atoms with van der Waals surface area (Å²) in [5.41, 5.74) is 2.02. The van der Waals surface area contributed by atoms with Gasteiger partial charge in [-0.1, -0.05) is 19.1 Å². The van der Waals surface area contributed by atoms with E-state index >= 15 is 0 Å². The number of amides is 2. The van der Waals surface area contributed by atoms with Crippen LogP contribution in [-0.2, 0) is 9.59 Å². The minimum absolute atomic E-state index is 0.333. The summed E-state index contributed by atoms with van der Waals surface area (Å²) in [7, 11) is 0. The van der Waals surface area contributed by atoms with Gasteiger partial charge in [0.1, 0.15) is 5.75 Å². The molecule has 0 atom stereocenters. The molecule has 1 aliphatic heterocycles. The molecule has 0 radical (unpaired) electrons. The van der Waals surface area contributed by atoms with E-state index in [1.165, 1.54) is 16.7 Å². The van der Waals surface area contributed by atoms with Gasteiger partial charge in [0.25, 0.3) is 11.8 Å². The second-order valence-corrected chi connectivity index (χ2v) is 6.97. The van der Waals surface area contributed by atoms with Crippen LogP contribution in [0.3, 0.4) is 0 Å². The lowest BCUT2D eigenvalue weighted by Crippen LogP contribution is -2.31. The summed E-state index contributed by atoms with van der Waals surface area (Å²) >= 11 is 1.36. The molecule has 2 aromatic carbocycles. The molecule has 0 bridgehead atoms. The monoisotopic (exact) mass is 378 g/mol. The molecule has 3 rings (SSSR count). The maximum Gasteiger partial charge on any atom is 0.272 e. The summed E-state index contributed by atoms with van der Waals surface area (Å²) in [6.07, 6.45) is 0. The van der Waals surface area contributed by atoms with E-state index in [4.69, 9.17) is 10.00 Å². The largest absolute Gasteiger partial charge is 0.494 e. The summed E-state index contributed by atoms with van der Waals surface area (Å²) in [6.45, 7) is 4.40. The van der Waals surface area contributed by atoms with Gasteiger partial charge in [-0.25, -0.2) is 4.90 Å². The van der Waals surface area contributed by atoms with Crippen molar-refractivity contribution in [3.63, 3.8) is 0 Å². The molecule has 6 heteroatoms. The fourth-order valence-electron chi connectivity index (χ4n) is 2.85. The predicted octanol–water partition coefficient (Wildman–Crippen LogP) is 3.99. The topological polar surface area (TPSA) is 70.4 Å². The van der Waals surface area contributed by atoms with Crippen LogP contribution in [-0.4, -0.2) is 24.2 Å². The summed E-state index contributed by atoms with van der Waals surface area (Å²) in [5.74, 6) is 0.702. The SMILES string of the molecule is CCOc1ccc(C2=C(SCC)C(=O)N(c3ccc(C#N)cc3)C2=O)cc1. The summed E-state index contributed by atoms with van der Waals surface area (Å²) < 4.78 is 5.45. The van der Waals surface area contributed by atoms with E-state index in [0.29, 0.717) is 45.4 Å². The zero-order valence-corrected chi connectivity index (χ0v) is 15.9. The average Bonchev–Trinajstić information content (AvgIpc) is 2.93. The molecular formula is C21H18N2O3S. The fourth-order valence-corrected chi connectivity index (χ4v) is 3.70. The number of benzene rings is 2.